The van der Waals surface area contributed by atoms with Gasteiger partial charge < -0.3 is 10.4 Å². The number of hydrogen-bond donors (Lipinski definition) is 2. The van der Waals surface area contributed by atoms with Gasteiger partial charge in [-0.05, 0) is 6.42 Å². The lowest BCUT2D eigenvalue weighted by Gasteiger charge is -1.99. The van der Waals surface area contributed by atoms with E-state index in [2.05, 4.69) is 11.2 Å². The predicted molar refractivity (Wildman–Crippen MR) is 36.4 cm³/mol. The van der Waals surface area contributed by atoms with Gasteiger partial charge in [-0.2, -0.15) is 0 Å². The molecule has 1 heterocycles. The Morgan fingerprint density at radius 1 is 1.80 bits per heavy atom. The summed E-state index contributed by atoms with van der Waals surface area (Å²) in [6.45, 7) is 0.632. The summed E-state index contributed by atoms with van der Waals surface area (Å²) in [4.78, 5) is 10.3. The Morgan fingerprint density at radius 3 is 2.80 bits per heavy atom. The number of rotatable bonds is 1. The molecule has 0 aromatic carbocycles. The van der Waals surface area contributed by atoms with Gasteiger partial charge in [0, 0.05) is 12.5 Å². The fourth-order valence-electron chi connectivity index (χ4n) is 1.05. The van der Waals surface area contributed by atoms with E-state index in [4.69, 9.17) is 11.5 Å². The Labute approximate surface area is 59.4 Å². The number of carbonyl (C=O) groups is 1. The van der Waals surface area contributed by atoms with Gasteiger partial charge in [-0.15, -0.1) is 12.3 Å². The van der Waals surface area contributed by atoms with Crippen LogP contribution in [0.1, 0.15) is 6.42 Å². The molecule has 1 aliphatic heterocycles. The molecule has 0 spiro atoms. The van der Waals surface area contributed by atoms with E-state index >= 15 is 0 Å². The van der Waals surface area contributed by atoms with Crippen LogP contribution in [0.5, 0.6) is 0 Å². The number of terminal acetylenes is 1. The summed E-state index contributed by atoms with van der Waals surface area (Å²) < 4.78 is 0. The Hall–Kier alpha value is -1.01. The normalized spacial score (nSPS) is 31.5. The highest BCUT2D eigenvalue weighted by atomic mass is 16.4. The second-order valence-corrected chi connectivity index (χ2v) is 2.40. The Morgan fingerprint density at radius 2 is 2.50 bits per heavy atom. The van der Waals surface area contributed by atoms with Gasteiger partial charge in [0.1, 0.15) is 6.04 Å². The Bertz CT molecular complexity index is 183. The minimum Gasteiger partial charge on any atom is -0.480 e. The molecular weight excluding hydrogens is 130 g/mol. The molecular formula is C7H9NO2. The van der Waals surface area contributed by atoms with E-state index < -0.39 is 12.0 Å². The average Bonchev–Trinajstić information content (AvgIpc) is 2.34. The van der Waals surface area contributed by atoms with Gasteiger partial charge in [-0.3, -0.25) is 4.79 Å². The van der Waals surface area contributed by atoms with Gasteiger partial charge in [0.2, 0.25) is 0 Å². The van der Waals surface area contributed by atoms with E-state index in [9.17, 15) is 4.79 Å². The molecule has 0 bridgehead atoms. The van der Waals surface area contributed by atoms with Crippen molar-refractivity contribution in [2.45, 2.75) is 12.5 Å². The minimum atomic E-state index is -0.808. The molecule has 0 saturated carbocycles. The van der Waals surface area contributed by atoms with Crippen molar-refractivity contribution in [3.8, 4) is 12.3 Å². The topological polar surface area (TPSA) is 49.3 Å². The predicted octanol–water partition coefficient (Wildman–Crippen LogP) is -0.318. The van der Waals surface area contributed by atoms with E-state index in [0.29, 0.717) is 13.0 Å². The summed E-state index contributed by atoms with van der Waals surface area (Å²) in [7, 11) is 0. The summed E-state index contributed by atoms with van der Waals surface area (Å²) in [5.74, 6) is 1.81. The van der Waals surface area contributed by atoms with Crippen LogP contribution in [0.4, 0.5) is 0 Å². The molecule has 2 N–H and O–H groups in total. The van der Waals surface area contributed by atoms with Crippen molar-refractivity contribution in [1.29, 1.82) is 0 Å². The van der Waals surface area contributed by atoms with Crippen molar-refractivity contribution in [2.24, 2.45) is 5.92 Å². The average molecular weight is 139 g/mol. The largest absolute Gasteiger partial charge is 0.480 e. The number of hydrogen-bond acceptors (Lipinski definition) is 2. The lowest BCUT2D eigenvalue weighted by atomic mass is 10.1. The van der Waals surface area contributed by atoms with Crippen LogP contribution < -0.4 is 5.32 Å². The van der Waals surface area contributed by atoms with Crippen LogP contribution in [0.2, 0.25) is 0 Å². The minimum absolute atomic E-state index is 0.0982. The molecule has 1 fully saturated rings. The van der Waals surface area contributed by atoms with Gasteiger partial charge in [-0.25, -0.2) is 0 Å². The van der Waals surface area contributed by atoms with Crippen LogP contribution in [0.15, 0.2) is 0 Å². The number of carboxylic acids is 1. The Kier molecular flexibility index (Phi) is 1.93. The van der Waals surface area contributed by atoms with Crippen molar-refractivity contribution in [3.05, 3.63) is 0 Å². The molecule has 1 aliphatic rings. The highest BCUT2D eigenvalue weighted by Crippen LogP contribution is 2.12. The number of nitrogens with one attached hydrogen (secondary N) is 1. The fraction of sp³-hybridized carbons (Fsp3) is 0.571. The molecule has 54 valence electrons. The molecule has 0 radical (unpaired) electrons. The van der Waals surface area contributed by atoms with Gasteiger partial charge in [0.05, 0.1) is 0 Å². The molecule has 1 saturated heterocycles. The first-order chi connectivity index (χ1) is 4.74. The first kappa shape index (κ1) is 7.10. The second kappa shape index (κ2) is 2.72. The third-order valence-electron chi connectivity index (χ3n) is 1.66. The fourth-order valence-corrected chi connectivity index (χ4v) is 1.05. The molecule has 3 nitrogen and oxygen atoms in total. The summed E-state index contributed by atoms with van der Waals surface area (Å²) in [5.41, 5.74) is 0. The molecule has 0 amide bonds. The van der Waals surface area contributed by atoms with Crippen LogP contribution in [-0.4, -0.2) is 23.7 Å². The maximum atomic E-state index is 10.3. The molecule has 10 heavy (non-hydrogen) atoms. The summed E-state index contributed by atoms with van der Waals surface area (Å²) >= 11 is 0. The summed E-state index contributed by atoms with van der Waals surface area (Å²) in [6, 6.07) is -0.430. The molecule has 3 heteroatoms. The lowest BCUT2D eigenvalue weighted by Crippen LogP contribution is -2.29. The smallest absolute Gasteiger partial charge is 0.320 e. The van der Waals surface area contributed by atoms with E-state index in [1.807, 2.05) is 0 Å². The highest BCUT2D eigenvalue weighted by molar-refractivity contribution is 5.73. The van der Waals surface area contributed by atoms with Crippen molar-refractivity contribution >= 4 is 5.97 Å². The summed E-state index contributed by atoms with van der Waals surface area (Å²) in [5, 5.41) is 11.3. The first-order valence-electron chi connectivity index (χ1n) is 3.16. The van der Waals surface area contributed by atoms with Crippen LogP contribution in [0, 0.1) is 18.3 Å². The maximum Gasteiger partial charge on any atom is 0.320 e. The Balaban J connectivity index is 2.45. The molecule has 1 rings (SSSR count). The van der Waals surface area contributed by atoms with E-state index in [1.54, 1.807) is 0 Å². The standard InChI is InChI=1S/C7H9NO2/c1-2-5-3-6(7(9)10)8-4-5/h1,5-6,8H,3-4H2,(H,9,10)/t5-,6-/m0/s1. The zero-order valence-corrected chi connectivity index (χ0v) is 5.50. The molecule has 2 atom stereocenters. The SMILES string of the molecule is C#C[C@@H]1CN[C@H](C(=O)O)C1. The summed E-state index contributed by atoms with van der Waals surface area (Å²) in [6.07, 6.45) is 5.67. The lowest BCUT2D eigenvalue weighted by molar-refractivity contribution is -0.139. The van der Waals surface area contributed by atoms with E-state index in [-0.39, 0.29) is 5.92 Å². The van der Waals surface area contributed by atoms with Crippen LogP contribution >= 0.6 is 0 Å². The first-order valence-corrected chi connectivity index (χ1v) is 3.16. The van der Waals surface area contributed by atoms with Crippen molar-refractivity contribution in [1.82, 2.24) is 5.32 Å². The second-order valence-electron chi connectivity index (χ2n) is 2.40. The van der Waals surface area contributed by atoms with Crippen LogP contribution in [0.25, 0.3) is 0 Å². The monoisotopic (exact) mass is 139 g/mol. The van der Waals surface area contributed by atoms with E-state index in [0.717, 1.165) is 0 Å². The zero-order valence-electron chi connectivity index (χ0n) is 5.50. The van der Waals surface area contributed by atoms with Gasteiger partial charge in [0.15, 0.2) is 0 Å². The van der Waals surface area contributed by atoms with Crippen molar-refractivity contribution in [3.63, 3.8) is 0 Å². The highest BCUT2D eigenvalue weighted by Gasteiger charge is 2.27. The molecule has 0 aromatic heterocycles. The van der Waals surface area contributed by atoms with Crippen molar-refractivity contribution in [2.75, 3.05) is 6.54 Å². The maximum absolute atomic E-state index is 10.3. The zero-order chi connectivity index (χ0) is 7.56. The van der Waals surface area contributed by atoms with Gasteiger partial charge in [0.25, 0.3) is 0 Å². The van der Waals surface area contributed by atoms with E-state index in [1.165, 1.54) is 0 Å². The van der Waals surface area contributed by atoms with Crippen molar-refractivity contribution < 1.29 is 9.90 Å². The molecule has 0 aliphatic carbocycles. The third-order valence-corrected chi connectivity index (χ3v) is 1.66. The van der Waals surface area contributed by atoms with Gasteiger partial charge >= 0.3 is 5.97 Å². The van der Waals surface area contributed by atoms with Gasteiger partial charge in [-0.1, -0.05) is 0 Å². The van der Waals surface area contributed by atoms with Crippen LogP contribution in [0.3, 0.4) is 0 Å². The molecule has 0 aromatic rings. The quantitative estimate of drug-likeness (QED) is 0.489. The number of carboxylic acid groups (broad SMARTS) is 1. The third kappa shape index (κ3) is 1.28. The molecule has 0 unspecified atom stereocenters. The van der Waals surface area contributed by atoms with Crippen LogP contribution in [-0.2, 0) is 4.79 Å². The number of aliphatic carboxylic acids is 1.